The number of nitrogens with one attached hydrogen (secondary N) is 1. The molecular formula is C57H103NO10. The number of esters is 1. The largest absolute Gasteiger partial charge is 0.466 e. The van der Waals surface area contributed by atoms with Crippen LogP contribution in [0.3, 0.4) is 0 Å². The van der Waals surface area contributed by atoms with Crippen LogP contribution in [-0.2, 0) is 23.8 Å². The molecule has 6 N–H and O–H groups in total. The van der Waals surface area contributed by atoms with Crippen molar-refractivity contribution in [1.82, 2.24) is 5.32 Å². The molecule has 7 unspecified atom stereocenters. The highest BCUT2D eigenvalue weighted by Gasteiger charge is 2.44. The Hall–Kier alpha value is -2.38. The van der Waals surface area contributed by atoms with Crippen LogP contribution >= 0.6 is 0 Å². The predicted molar refractivity (Wildman–Crippen MR) is 278 cm³/mol. The second kappa shape index (κ2) is 47.0. The van der Waals surface area contributed by atoms with Crippen LogP contribution in [0.1, 0.15) is 239 Å². The molecule has 0 aromatic rings. The molecule has 1 aliphatic heterocycles. The Morgan fingerprint density at radius 2 is 1.01 bits per heavy atom. The number of aliphatic hydroxyl groups is 5. The zero-order valence-electron chi connectivity index (χ0n) is 43.3. The van der Waals surface area contributed by atoms with Crippen LogP contribution in [0.15, 0.2) is 48.6 Å². The predicted octanol–water partition coefficient (Wildman–Crippen LogP) is 12.1. The quantitative estimate of drug-likeness (QED) is 0.0196. The van der Waals surface area contributed by atoms with Gasteiger partial charge in [-0.3, -0.25) is 9.59 Å². The molecule has 0 aliphatic carbocycles. The lowest BCUT2D eigenvalue weighted by Gasteiger charge is -2.40. The van der Waals surface area contributed by atoms with Gasteiger partial charge in [0.25, 0.3) is 0 Å². The van der Waals surface area contributed by atoms with Crippen molar-refractivity contribution in [2.75, 3.05) is 19.8 Å². The molecule has 1 saturated heterocycles. The Labute approximate surface area is 415 Å². The Morgan fingerprint density at radius 3 is 1.54 bits per heavy atom. The Bertz CT molecular complexity index is 1270. The van der Waals surface area contributed by atoms with Gasteiger partial charge in [-0.05, 0) is 84.0 Å². The number of allylic oxidation sites excluding steroid dienone is 7. The van der Waals surface area contributed by atoms with Crippen LogP contribution in [0.25, 0.3) is 0 Å². The topological polar surface area (TPSA) is 175 Å². The van der Waals surface area contributed by atoms with Crippen molar-refractivity contribution < 1.29 is 49.3 Å². The van der Waals surface area contributed by atoms with E-state index >= 15 is 0 Å². The lowest BCUT2D eigenvalue weighted by atomic mass is 9.99. The van der Waals surface area contributed by atoms with Gasteiger partial charge in [0, 0.05) is 12.8 Å². The van der Waals surface area contributed by atoms with E-state index in [9.17, 15) is 35.1 Å². The average Bonchev–Trinajstić information content (AvgIpc) is 3.33. The first-order chi connectivity index (χ1) is 33.2. The second-order valence-electron chi connectivity index (χ2n) is 19.3. The smallest absolute Gasteiger partial charge is 0.305 e. The van der Waals surface area contributed by atoms with Crippen LogP contribution < -0.4 is 5.32 Å². The third-order valence-electron chi connectivity index (χ3n) is 13.0. The van der Waals surface area contributed by atoms with Crippen molar-refractivity contribution >= 4 is 11.9 Å². The Balaban J connectivity index is 2.09. The van der Waals surface area contributed by atoms with E-state index in [-0.39, 0.29) is 18.5 Å². The van der Waals surface area contributed by atoms with Gasteiger partial charge in [0.1, 0.15) is 24.4 Å². The summed E-state index contributed by atoms with van der Waals surface area (Å²) in [5, 5.41) is 54.0. The highest BCUT2D eigenvalue weighted by Crippen LogP contribution is 2.23. The van der Waals surface area contributed by atoms with Gasteiger partial charge in [0.2, 0.25) is 5.91 Å². The molecule has 0 aromatic carbocycles. The molecule has 11 heteroatoms. The summed E-state index contributed by atoms with van der Waals surface area (Å²) in [6, 6.07) is -0.852. The van der Waals surface area contributed by atoms with Crippen LogP contribution in [0.5, 0.6) is 0 Å². The number of ether oxygens (including phenoxy) is 3. The van der Waals surface area contributed by atoms with Crippen molar-refractivity contribution in [2.45, 2.75) is 281 Å². The third-order valence-corrected chi connectivity index (χ3v) is 13.0. The average molecular weight is 962 g/mol. The first kappa shape index (κ1) is 63.6. The van der Waals surface area contributed by atoms with Crippen LogP contribution in [0.2, 0.25) is 0 Å². The fourth-order valence-corrected chi connectivity index (χ4v) is 8.53. The minimum absolute atomic E-state index is 0.0451. The standard InChI is InChI=1S/C57H103NO10/c1-3-5-7-9-11-13-14-15-16-17-18-19-20-21-25-29-33-37-41-45-53(62)66-46-42-38-34-30-26-23-22-24-28-32-36-40-44-52(61)58-49(50(60)43-39-35-31-27-12-10-8-6-4-2)48-67-57-56(65)55(64)54(63)51(47-59)68-57/h4,6,12,23,26-27,39,43,49-51,54-57,59-60,63-65H,3,5,7-11,13-22,24-25,28-38,40-42,44-48H2,1-2H3,(H,58,61)/b6-4+,26-23-,27-12+,43-39+. The number of carbonyl (C=O) groups is 2. The van der Waals surface area contributed by atoms with Gasteiger partial charge in [-0.15, -0.1) is 0 Å². The molecule has 0 radical (unpaired) electrons. The molecule has 1 aliphatic rings. The van der Waals surface area contributed by atoms with Crippen LogP contribution in [0.4, 0.5) is 0 Å². The summed E-state index contributed by atoms with van der Waals surface area (Å²) in [6.07, 6.45) is 48.1. The summed E-state index contributed by atoms with van der Waals surface area (Å²) in [5.41, 5.74) is 0. The first-order valence-corrected chi connectivity index (χ1v) is 27.9. The maximum Gasteiger partial charge on any atom is 0.305 e. The van der Waals surface area contributed by atoms with Gasteiger partial charge in [-0.2, -0.15) is 0 Å². The van der Waals surface area contributed by atoms with E-state index in [1.807, 2.05) is 19.1 Å². The number of rotatable bonds is 47. The van der Waals surface area contributed by atoms with E-state index < -0.39 is 49.5 Å². The summed E-state index contributed by atoms with van der Waals surface area (Å²) in [7, 11) is 0. The molecule has 0 spiro atoms. The maximum absolute atomic E-state index is 12.9. The Kier molecular flexibility index (Phi) is 44.0. The molecule has 396 valence electrons. The molecule has 68 heavy (non-hydrogen) atoms. The van der Waals surface area contributed by atoms with Crippen molar-refractivity contribution in [2.24, 2.45) is 0 Å². The van der Waals surface area contributed by atoms with Crippen molar-refractivity contribution in [3.05, 3.63) is 48.6 Å². The van der Waals surface area contributed by atoms with E-state index in [2.05, 4.69) is 42.6 Å². The zero-order chi connectivity index (χ0) is 49.6. The highest BCUT2D eigenvalue weighted by atomic mass is 16.7. The zero-order valence-corrected chi connectivity index (χ0v) is 43.3. The molecule has 1 amide bonds. The van der Waals surface area contributed by atoms with Gasteiger partial charge in [-0.25, -0.2) is 0 Å². The molecule has 1 rings (SSSR count). The minimum atomic E-state index is -1.59. The second-order valence-corrected chi connectivity index (χ2v) is 19.3. The van der Waals surface area contributed by atoms with E-state index in [1.54, 1.807) is 6.08 Å². The van der Waals surface area contributed by atoms with Crippen molar-refractivity contribution in [3.8, 4) is 0 Å². The molecule has 0 saturated carbocycles. The number of amides is 1. The number of hydrogen-bond acceptors (Lipinski definition) is 10. The molecule has 1 heterocycles. The molecule has 0 bridgehead atoms. The molecule has 0 aromatic heterocycles. The fraction of sp³-hybridized carbons (Fsp3) is 0.825. The maximum atomic E-state index is 12.9. The van der Waals surface area contributed by atoms with E-state index in [4.69, 9.17) is 14.2 Å². The number of hydrogen-bond donors (Lipinski definition) is 6. The van der Waals surface area contributed by atoms with E-state index in [0.717, 1.165) is 89.9 Å². The normalized spacial score (nSPS) is 19.8. The summed E-state index contributed by atoms with van der Waals surface area (Å²) in [4.78, 5) is 25.1. The van der Waals surface area contributed by atoms with Gasteiger partial charge in [0.05, 0.1) is 32.0 Å². The number of carbonyl (C=O) groups excluding carboxylic acids is 2. The van der Waals surface area contributed by atoms with Crippen LogP contribution in [-0.4, -0.2) is 100 Å². The van der Waals surface area contributed by atoms with Gasteiger partial charge in [0.15, 0.2) is 6.29 Å². The SMILES string of the molecule is C/C=C/CC/C=C/CC/C=C/C(O)C(COC1OC(CO)C(O)C(O)C1O)NC(=O)CCCCCCC/C=C\CCCCCOC(=O)CCCCCCCCCCCCCCCCCCCCC. The van der Waals surface area contributed by atoms with Crippen LogP contribution in [0, 0.1) is 0 Å². The summed E-state index contributed by atoms with van der Waals surface area (Å²) >= 11 is 0. The molecular weight excluding hydrogens is 859 g/mol. The summed E-state index contributed by atoms with van der Waals surface area (Å²) < 4.78 is 16.6. The fourth-order valence-electron chi connectivity index (χ4n) is 8.53. The highest BCUT2D eigenvalue weighted by molar-refractivity contribution is 5.76. The Morgan fingerprint density at radius 1 is 0.559 bits per heavy atom. The summed E-state index contributed by atoms with van der Waals surface area (Å²) in [5.74, 6) is -0.271. The van der Waals surface area contributed by atoms with Gasteiger partial charge in [-0.1, -0.05) is 190 Å². The van der Waals surface area contributed by atoms with E-state index in [1.165, 1.54) is 109 Å². The van der Waals surface area contributed by atoms with E-state index in [0.29, 0.717) is 32.3 Å². The van der Waals surface area contributed by atoms with Gasteiger partial charge < -0.3 is 45.1 Å². The lowest BCUT2D eigenvalue weighted by Crippen LogP contribution is -2.60. The van der Waals surface area contributed by atoms with Crippen molar-refractivity contribution in [3.63, 3.8) is 0 Å². The third kappa shape index (κ3) is 36.5. The minimum Gasteiger partial charge on any atom is -0.466 e. The van der Waals surface area contributed by atoms with Gasteiger partial charge >= 0.3 is 5.97 Å². The first-order valence-electron chi connectivity index (χ1n) is 27.9. The lowest BCUT2D eigenvalue weighted by molar-refractivity contribution is -0.302. The number of aliphatic hydroxyl groups excluding tert-OH is 5. The molecule has 11 nitrogen and oxygen atoms in total. The molecule has 7 atom stereocenters. The molecule has 1 fully saturated rings. The monoisotopic (exact) mass is 962 g/mol. The number of unbranched alkanes of at least 4 members (excludes halogenated alkanes) is 28. The summed E-state index contributed by atoms with van der Waals surface area (Å²) in [6.45, 7) is 4.00. The van der Waals surface area contributed by atoms with Crippen molar-refractivity contribution in [1.29, 1.82) is 0 Å².